The first-order chi connectivity index (χ1) is 7.24. The van der Waals surface area contributed by atoms with Crippen molar-refractivity contribution < 1.29 is 9.59 Å². The maximum atomic E-state index is 11.4. The van der Waals surface area contributed by atoms with Crippen LogP contribution >= 0.6 is 0 Å². The monoisotopic (exact) mass is 207 g/mol. The molecule has 1 atom stereocenters. The summed E-state index contributed by atoms with van der Waals surface area (Å²) in [6, 6.07) is 0. The Labute approximate surface area is 90.6 Å². The van der Waals surface area contributed by atoms with Crippen LogP contribution in [-0.2, 0) is 9.59 Å². The minimum atomic E-state index is -0.136. The van der Waals surface area contributed by atoms with Crippen molar-refractivity contribution in [1.82, 2.24) is 5.32 Å². The lowest BCUT2D eigenvalue weighted by Gasteiger charge is -2.20. The molecule has 82 valence electrons. The molecule has 0 aromatic heterocycles. The summed E-state index contributed by atoms with van der Waals surface area (Å²) in [6.45, 7) is 0. The van der Waals surface area contributed by atoms with Gasteiger partial charge in [0.05, 0.1) is 0 Å². The molecule has 0 aromatic carbocycles. The van der Waals surface area contributed by atoms with Gasteiger partial charge in [0.15, 0.2) is 0 Å². The fourth-order valence-corrected chi connectivity index (χ4v) is 1.81. The molecule has 0 aromatic rings. The molecule has 1 aliphatic heterocycles. The molecule has 1 fully saturated rings. The molecule has 3 heteroatoms. The smallest absolute Gasteiger partial charge is 0.229 e. The molecule has 1 aliphatic rings. The molecule has 15 heavy (non-hydrogen) atoms. The lowest BCUT2D eigenvalue weighted by atomic mass is 9.92. The predicted octanol–water partition coefficient (Wildman–Crippen LogP) is 1.62. The normalized spacial score (nSPS) is 20.9. The van der Waals surface area contributed by atoms with Gasteiger partial charge in [-0.3, -0.25) is 14.9 Å². The van der Waals surface area contributed by atoms with Gasteiger partial charge in [0.25, 0.3) is 0 Å². The molecule has 0 unspecified atom stereocenters. The maximum absolute atomic E-state index is 11.4. The Morgan fingerprint density at radius 3 is 2.80 bits per heavy atom. The third-order valence-electron chi connectivity index (χ3n) is 2.73. The number of nitrogens with one attached hydrogen (secondary N) is 1. The van der Waals surface area contributed by atoms with Crippen LogP contribution in [0.2, 0.25) is 0 Å². The first kappa shape index (κ1) is 11.8. The molecule has 0 bridgehead atoms. The summed E-state index contributed by atoms with van der Waals surface area (Å²) in [5.74, 6) is 2.40. The van der Waals surface area contributed by atoms with Crippen LogP contribution in [0.4, 0.5) is 0 Å². The SMILES string of the molecule is C#CCCCCC[C@H]1CCC(=O)NC1=O. The number of piperidine rings is 1. The largest absolute Gasteiger partial charge is 0.296 e. The molecule has 1 heterocycles. The summed E-state index contributed by atoms with van der Waals surface area (Å²) in [4.78, 5) is 22.2. The molecule has 0 saturated carbocycles. The molecular weight excluding hydrogens is 190 g/mol. The number of hydrogen-bond acceptors (Lipinski definition) is 2. The van der Waals surface area contributed by atoms with Gasteiger partial charge in [0.1, 0.15) is 0 Å². The molecular formula is C12H17NO2. The van der Waals surface area contributed by atoms with Gasteiger partial charge in [0, 0.05) is 18.8 Å². The zero-order valence-electron chi connectivity index (χ0n) is 8.92. The van der Waals surface area contributed by atoms with Crippen LogP contribution in [0.1, 0.15) is 44.9 Å². The van der Waals surface area contributed by atoms with E-state index in [0.29, 0.717) is 12.8 Å². The average Bonchev–Trinajstić information content (AvgIpc) is 2.20. The minimum absolute atomic E-state index is 0.0357. The van der Waals surface area contributed by atoms with Crippen molar-refractivity contribution in [2.75, 3.05) is 0 Å². The zero-order valence-corrected chi connectivity index (χ0v) is 8.92. The van der Waals surface area contributed by atoms with Crippen molar-refractivity contribution in [3.8, 4) is 12.3 Å². The molecule has 1 saturated heterocycles. The van der Waals surface area contributed by atoms with E-state index in [9.17, 15) is 9.59 Å². The summed E-state index contributed by atoms with van der Waals surface area (Å²) >= 11 is 0. The quantitative estimate of drug-likeness (QED) is 0.423. The molecule has 2 amide bonds. The van der Waals surface area contributed by atoms with Crippen LogP contribution in [0, 0.1) is 18.3 Å². The highest BCUT2D eigenvalue weighted by Crippen LogP contribution is 2.19. The molecule has 0 radical (unpaired) electrons. The lowest BCUT2D eigenvalue weighted by molar-refractivity contribution is -0.136. The molecule has 0 aliphatic carbocycles. The maximum Gasteiger partial charge on any atom is 0.229 e. The van der Waals surface area contributed by atoms with Gasteiger partial charge in [-0.05, 0) is 19.3 Å². The number of hydrogen-bond donors (Lipinski definition) is 1. The van der Waals surface area contributed by atoms with Crippen LogP contribution in [-0.4, -0.2) is 11.8 Å². The Balaban J connectivity index is 2.13. The highest BCUT2D eigenvalue weighted by Gasteiger charge is 2.25. The van der Waals surface area contributed by atoms with Crippen LogP contribution < -0.4 is 5.32 Å². The number of imide groups is 1. The number of unbranched alkanes of at least 4 members (excludes halogenated alkanes) is 3. The molecule has 0 spiro atoms. The van der Waals surface area contributed by atoms with Gasteiger partial charge in [0.2, 0.25) is 11.8 Å². The molecule has 1 N–H and O–H groups in total. The van der Waals surface area contributed by atoms with Crippen molar-refractivity contribution in [2.24, 2.45) is 5.92 Å². The van der Waals surface area contributed by atoms with E-state index in [1.807, 2.05) is 0 Å². The average molecular weight is 207 g/mol. The van der Waals surface area contributed by atoms with Gasteiger partial charge < -0.3 is 0 Å². The number of carbonyl (C=O) groups is 2. The van der Waals surface area contributed by atoms with Crippen LogP contribution in [0.5, 0.6) is 0 Å². The van der Waals surface area contributed by atoms with E-state index in [4.69, 9.17) is 6.42 Å². The highest BCUT2D eigenvalue weighted by atomic mass is 16.2. The summed E-state index contributed by atoms with van der Waals surface area (Å²) in [5, 5.41) is 2.37. The number of carbonyl (C=O) groups excluding carboxylic acids is 2. The first-order valence-electron chi connectivity index (χ1n) is 5.51. The fraction of sp³-hybridized carbons (Fsp3) is 0.667. The van der Waals surface area contributed by atoms with Crippen LogP contribution in [0.25, 0.3) is 0 Å². The fourth-order valence-electron chi connectivity index (χ4n) is 1.81. The highest BCUT2D eigenvalue weighted by molar-refractivity contribution is 5.98. The van der Waals surface area contributed by atoms with Crippen molar-refractivity contribution >= 4 is 11.8 Å². The van der Waals surface area contributed by atoms with Crippen LogP contribution in [0.15, 0.2) is 0 Å². The Bertz CT molecular complexity index is 278. The number of amides is 2. The second-order valence-electron chi connectivity index (χ2n) is 3.95. The van der Waals surface area contributed by atoms with Gasteiger partial charge >= 0.3 is 0 Å². The van der Waals surface area contributed by atoms with Crippen molar-refractivity contribution in [3.63, 3.8) is 0 Å². The number of terminal acetylenes is 1. The van der Waals surface area contributed by atoms with Gasteiger partial charge in [-0.1, -0.05) is 12.8 Å². The van der Waals surface area contributed by atoms with Crippen molar-refractivity contribution in [2.45, 2.75) is 44.9 Å². The second kappa shape index (κ2) is 6.23. The van der Waals surface area contributed by atoms with E-state index >= 15 is 0 Å². The summed E-state index contributed by atoms with van der Waals surface area (Å²) in [7, 11) is 0. The first-order valence-corrected chi connectivity index (χ1v) is 5.51. The Morgan fingerprint density at radius 1 is 1.33 bits per heavy atom. The van der Waals surface area contributed by atoms with E-state index in [2.05, 4.69) is 11.2 Å². The van der Waals surface area contributed by atoms with Gasteiger partial charge in [-0.2, -0.15) is 0 Å². The van der Waals surface area contributed by atoms with E-state index in [-0.39, 0.29) is 17.7 Å². The van der Waals surface area contributed by atoms with E-state index < -0.39 is 0 Å². The Morgan fingerprint density at radius 2 is 2.13 bits per heavy atom. The predicted molar refractivity (Wildman–Crippen MR) is 57.8 cm³/mol. The lowest BCUT2D eigenvalue weighted by Crippen LogP contribution is -2.40. The summed E-state index contributed by atoms with van der Waals surface area (Å²) < 4.78 is 0. The van der Waals surface area contributed by atoms with E-state index in [1.165, 1.54) is 0 Å². The second-order valence-corrected chi connectivity index (χ2v) is 3.95. The zero-order chi connectivity index (χ0) is 11.1. The van der Waals surface area contributed by atoms with Gasteiger partial charge in [-0.15, -0.1) is 12.3 Å². The summed E-state index contributed by atoms with van der Waals surface area (Å²) in [6.07, 6.45) is 11.2. The standard InChI is InChI=1S/C12H17NO2/c1-2-3-4-5-6-7-10-8-9-11(14)13-12(10)15/h1,10H,3-9H2,(H,13,14,15)/t10-/m0/s1. The molecule has 1 rings (SSSR count). The molecule has 3 nitrogen and oxygen atoms in total. The van der Waals surface area contributed by atoms with Crippen LogP contribution in [0.3, 0.4) is 0 Å². The minimum Gasteiger partial charge on any atom is -0.296 e. The van der Waals surface area contributed by atoms with Crippen molar-refractivity contribution in [3.05, 3.63) is 0 Å². The topological polar surface area (TPSA) is 46.2 Å². The van der Waals surface area contributed by atoms with Crippen molar-refractivity contribution in [1.29, 1.82) is 0 Å². The van der Waals surface area contributed by atoms with Gasteiger partial charge in [-0.25, -0.2) is 0 Å². The van der Waals surface area contributed by atoms with E-state index in [0.717, 1.165) is 32.1 Å². The Kier molecular flexibility index (Phi) is 4.89. The summed E-state index contributed by atoms with van der Waals surface area (Å²) in [5.41, 5.74) is 0. The third kappa shape index (κ3) is 4.16. The third-order valence-corrected chi connectivity index (χ3v) is 2.73. The van der Waals surface area contributed by atoms with E-state index in [1.54, 1.807) is 0 Å². The number of rotatable bonds is 5. The Hall–Kier alpha value is -1.30.